The van der Waals surface area contributed by atoms with E-state index in [2.05, 4.69) is 25.5 Å². The van der Waals surface area contributed by atoms with Gasteiger partial charge in [0.15, 0.2) is 0 Å². The van der Waals surface area contributed by atoms with Crippen molar-refractivity contribution in [2.24, 2.45) is 12.8 Å². The van der Waals surface area contributed by atoms with Crippen molar-refractivity contribution < 1.29 is 4.74 Å². The monoisotopic (exact) mass is 237 g/mol. The van der Waals surface area contributed by atoms with Crippen molar-refractivity contribution in [3.63, 3.8) is 0 Å². The van der Waals surface area contributed by atoms with Crippen LogP contribution < -0.4 is 5.73 Å². The Morgan fingerprint density at radius 2 is 2.24 bits per heavy atom. The molecule has 1 aromatic heterocycles. The molecule has 17 heavy (non-hydrogen) atoms. The maximum atomic E-state index is 5.99. The van der Waals surface area contributed by atoms with Crippen LogP contribution in [0, 0.1) is 0 Å². The molecule has 4 heteroatoms. The summed E-state index contributed by atoms with van der Waals surface area (Å²) >= 11 is 0. The van der Waals surface area contributed by atoms with Crippen LogP contribution in [0.3, 0.4) is 0 Å². The van der Waals surface area contributed by atoms with Crippen molar-refractivity contribution in [2.75, 3.05) is 7.11 Å². The fourth-order valence-corrected chi connectivity index (χ4v) is 2.40. The first-order valence-corrected chi connectivity index (χ1v) is 6.27. The average molecular weight is 237 g/mol. The van der Waals surface area contributed by atoms with Crippen molar-refractivity contribution >= 4 is 0 Å². The van der Waals surface area contributed by atoms with E-state index in [9.17, 15) is 0 Å². The molecule has 2 N–H and O–H groups in total. The van der Waals surface area contributed by atoms with Gasteiger partial charge in [-0.3, -0.25) is 0 Å². The van der Waals surface area contributed by atoms with Gasteiger partial charge in [0.05, 0.1) is 11.3 Å². The Morgan fingerprint density at radius 1 is 1.53 bits per heavy atom. The van der Waals surface area contributed by atoms with E-state index >= 15 is 0 Å². The van der Waals surface area contributed by atoms with E-state index in [0.717, 1.165) is 31.5 Å². The molecule has 0 spiro atoms. The summed E-state index contributed by atoms with van der Waals surface area (Å²) in [4.78, 5) is 4.74. The molecule has 96 valence electrons. The topological polar surface area (TPSA) is 53.1 Å². The molecule has 1 aliphatic carbocycles. The van der Waals surface area contributed by atoms with E-state index in [1.165, 1.54) is 11.4 Å². The number of nitrogens with zero attached hydrogens (tertiary/aromatic N) is 2. The Labute approximate surface area is 103 Å². The Hall–Kier alpha value is -0.870. The van der Waals surface area contributed by atoms with E-state index in [0.29, 0.717) is 0 Å². The van der Waals surface area contributed by atoms with E-state index < -0.39 is 0 Å². The lowest BCUT2D eigenvalue weighted by molar-refractivity contribution is 0.0210. The summed E-state index contributed by atoms with van der Waals surface area (Å²) in [5.41, 5.74) is 8.37. The number of aromatic nitrogens is 2. The van der Waals surface area contributed by atoms with Crippen LogP contribution in [0.25, 0.3) is 0 Å². The molecule has 1 aliphatic rings. The minimum absolute atomic E-state index is 0.163. The lowest BCUT2D eigenvalue weighted by atomic mass is 9.97. The molecule has 0 amide bonds. The van der Waals surface area contributed by atoms with Crippen LogP contribution in [0.4, 0.5) is 0 Å². The summed E-state index contributed by atoms with van der Waals surface area (Å²) in [6.45, 7) is 4.18. The second kappa shape index (κ2) is 4.42. The molecule has 1 aromatic rings. The third-order valence-electron chi connectivity index (χ3n) is 3.73. The first-order chi connectivity index (χ1) is 7.93. The number of methoxy groups -OCH3 is 1. The predicted molar refractivity (Wildman–Crippen MR) is 68.0 cm³/mol. The largest absolute Gasteiger partial charge is 0.378 e. The lowest BCUT2D eigenvalue weighted by Crippen LogP contribution is -2.28. The van der Waals surface area contributed by atoms with Gasteiger partial charge in [0.2, 0.25) is 0 Å². The summed E-state index contributed by atoms with van der Waals surface area (Å²) in [5, 5.41) is 0. The number of ether oxygens (including phenoxy) is 1. The van der Waals surface area contributed by atoms with E-state index in [1.54, 1.807) is 7.11 Å². The first kappa shape index (κ1) is 12.6. The van der Waals surface area contributed by atoms with Gasteiger partial charge in [-0.05, 0) is 26.7 Å². The van der Waals surface area contributed by atoms with Gasteiger partial charge in [-0.2, -0.15) is 0 Å². The lowest BCUT2D eigenvalue weighted by Gasteiger charge is -2.22. The Balaban J connectivity index is 2.25. The highest BCUT2D eigenvalue weighted by molar-refractivity contribution is 5.22. The molecule has 0 saturated heterocycles. The van der Waals surface area contributed by atoms with Gasteiger partial charge in [0.1, 0.15) is 5.82 Å². The van der Waals surface area contributed by atoms with Crippen LogP contribution in [0.2, 0.25) is 0 Å². The van der Waals surface area contributed by atoms with Crippen LogP contribution in [-0.2, 0) is 31.0 Å². The molecular formula is C13H23N3O. The van der Waals surface area contributed by atoms with Gasteiger partial charge >= 0.3 is 0 Å². The molecule has 2 rings (SSSR count). The van der Waals surface area contributed by atoms with Crippen molar-refractivity contribution in [1.82, 2.24) is 9.55 Å². The Morgan fingerprint density at radius 3 is 2.88 bits per heavy atom. The Bertz CT molecular complexity index is 409. The minimum Gasteiger partial charge on any atom is -0.378 e. The van der Waals surface area contributed by atoms with Crippen LogP contribution in [0.5, 0.6) is 0 Å². The molecule has 1 unspecified atom stereocenters. The smallest absolute Gasteiger partial charge is 0.111 e. The van der Waals surface area contributed by atoms with E-state index in [1.807, 2.05) is 0 Å². The van der Waals surface area contributed by atoms with E-state index in [-0.39, 0.29) is 11.6 Å². The summed E-state index contributed by atoms with van der Waals surface area (Å²) in [6, 6.07) is 0.278. The number of fused-ring (bicyclic) bond motifs is 1. The number of hydrogen-bond donors (Lipinski definition) is 1. The van der Waals surface area contributed by atoms with Gasteiger partial charge in [0, 0.05) is 38.7 Å². The van der Waals surface area contributed by atoms with Crippen LogP contribution >= 0.6 is 0 Å². The fraction of sp³-hybridized carbons (Fsp3) is 0.769. The van der Waals surface area contributed by atoms with Gasteiger partial charge < -0.3 is 15.0 Å². The van der Waals surface area contributed by atoms with E-state index in [4.69, 9.17) is 15.5 Å². The predicted octanol–water partition coefficient (Wildman–Crippen LogP) is 1.20. The van der Waals surface area contributed by atoms with Crippen molar-refractivity contribution in [2.45, 2.75) is 51.2 Å². The number of nitrogens with two attached hydrogens (primary N) is 1. The second-order valence-electron chi connectivity index (χ2n) is 5.62. The number of imidazole rings is 1. The maximum absolute atomic E-state index is 5.99. The van der Waals surface area contributed by atoms with Gasteiger partial charge in [-0.25, -0.2) is 4.98 Å². The fourth-order valence-electron chi connectivity index (χ4n) is 2.40. The summed E-state index contributed by atoms with van der Waals surface area (Å²) < 4.78 is 7.70. The summed E-state index contributed by atoms with van der Waals surface area (Å²) in [5.74, 6) is 1.11. The molecule has 0 radical (unpaired) electrons. The standard InChI is InChI=1S/C13H23N3O/c1-13(2,17-4)8-12-15-10-7-9(14)5-6-11(10)16(12)3/h9H,5-8,14H2,1-4H3. The molecule has 4 nitrogen and oxygen atoms in total. The van der Waals surface area contributed by atoms with Gasteiger partial charge in [-0.1, -0.05) is 0 Å². The zero-order chi connectivity index (χ0) is 12.6. The SMILES string of the molecule is COC(C)(C)Cc1nc2c(n1C)CCC(N)C2. The average Bonchev–Trinajstić information content (AvgIpc) is 2.55. The normalized spacial score (nSPS) is 20.4. The minimum atomic E-state index is -0.163. The van der Waals surface area contributed by atoms with Crippen LogP contribution in [0.15, 0.2) is 0 Å². The molecule has 0 aromatic carbocycles. The molecule has 0 bridgehead atoms. The van der Waals surface area contributed by atoms with Crippen molar-refractivity contribution in [3.8, 4) is 0 Å². The van der Waals surface area contributed by atoms with Crippen LogP contribution in [-0.4, -0.2) is 28.3 Å². The highest BCUT2D eigenvalue weighted by atomic mass is 16.5. The van der Waals surface area contributed by atoms with Gasteiger partial charge in [-0.15, -0.1) is 0 Å². The van der Waals surface area contributed by atoms with Crippen LogP contribution in [0.1, 0.15) is 37.5 Å². The third kappa shape index (κ3) is 2.53. The molecular weight excluding hydrogens is 214 g/mol. The maximum Gasteiger partial charge on any atom is 0.111 e. The molecule has 0 fully saturated rings. The van der Waals surface area contributed by atoms with Gasteiger partial charge in [0.25, 0.3) is 0 Å². The zero-order valence-electron chi connectivity index (χ0n) is 11.3. The second-order valence-corrected chi connectivity index (χ2v) is 5.62. The molecule has 1 atom stereocenters. The van der Waals surface area contributed by atoms with Crippen molar-refractivity contribution in [3.05, 3.63) is 17.2 Å². The number of rotatable bonds is 3. The molecule has 1 heterocycles. The first-order valence-electron chi connectivity index (χ1n) is 6.27. The van der Waals surface area contributed by atoms with Crippen molar-refractivity contribution in [1.29, 1.82) is 0 Å². The zero-order valence-corrected chi connectivity index (χ0v) is 11.3. The molecule has 0 aliphatic heterocycles. The highest BCUT2D eigenvalue weighted by Crippen LogP contribution is 2.23. The number of hydrogen-bond acceptors (Lipinski definition) is 3. The quantitative estimate of drug-likeness (QED) is 0.859. The molecule has 0 saturated carbocycles. The third-order valence-corrected chi connectivity index (χ3v) is 3.73. The Kier molecular flexibility index (Phi) is 3.27. The highest BCUT2D eigenvalue weighted by Gasteiger charge is 2.25. The summed E-state index contributed by atoms with van der Waals surface area (Å²) in [6.07, 6.45) is 3.87. The summed E-state index contributed by atoms with van der Waals surface area (Å²) in [7, 11) is 3.85.